The molecule has 0 bridgehead atoms. The Morgan fingerprint density at radius 2 is 1.74 bits per heavy atom. The predicted molar refractivity (Wildman–Crippen MR) is 110 cm³/mol. The van der Waals surface area contributed by atoms with Gasteiger partial charge in [0.1, 0.15) is 5.82 Å². The lowest BCUT2D eigenvalue weighted by atomic mass is 10.1. The van der Waals surface area contributed by atoms with Gasteiger partial charge in [0.05, 0.1) is 5.75 Å². The summed E-state index contributed by atoms with van der Waals surface area (Å²) < 4.78 is 1.97. The van der Waals surface area contributed by atoms with E-state index in [2.05, 4.69) is 33.7 Å². The zero-order chi connectivity index (χ0) is 19.2. The van der Waals surface area contributed by atoms with Gasteiger partial charge >= 0.3 is 0 Å². The van der Waals surface area contributed by atoms with Crippen molar-refractivity contribution in [3.63, 3.8) is 0 Å². The van der Waals surface area contributed by atoms with E-state index in [1.807, 2.05) is 55.8 Å². The monoisotopic (exact) mass is 380 g/mol. The number of nitrogens with zero attached hydrogens (tertiary/aromatic N) is 3. The molecule has 0 atom stereocenters. The van der Waals surface area contributed by atoms with Crippen LogP contribution in [-0.4, -0.2) is 26.4 Å². The van der Waals surface area contributed by atoms with Crippen LogP contribution in [0.2, 0.25) is 0 Å². The minimum atomic E-state index is -0.0427. The number of hydrogen-bond acceptors (Lipinski definition) is 4. The van der Waals surface area contributed by atoms with Gasteiger partial charge in [-0.05, 0) is 49.1 Å². The Morgan fingerprint density at radius 1 is 1.04 bits per heavy atom. The van der Waals surface area contributed by atoms with Crippen LogP contribution >= 0.6 is 11.8 Å². The summed E-state index contributed by atoms with van der Waals surface area (Å²) in [5.74, 6) is 1.19. The SMILES string of the molecule is Cc1cc(C)cc(NC(=O)CSc2nnc(CCc3ccccc3)n2C)c1. The largest absolute Gasteiger partial charge is 0.325 e. The van der Waals surface area contributed by atoms with Crippen molar-refractivity contribution in [2.24, 2.45) is 7.05 Å². The first-order chi connectivity index (χ1) is 13.0. The van der Waals surface area contributed by atoms with Crippen LogP contribution in [0.5, 0.6) is 0 Å². The van der Waals surface area contributed by atoms with Crippen molar-refractivity contribution in [1.29, 1.82) is 0 Å². The van der Waals surface area contributed by atoms with Gasteiger partial charge in [0.2, 0.25) is 5.91 Å². The van der Waals surface area contributed by atoms with E-state index in [0.717, 1.165) is 40.6 Å². The Kier molecular flexibility index (Phi) is 6.29. The molecule has 2 aromatic carbocycles. The molecule has 0 radical (unpaired) electrons. The average Bonchev–Trinajstić information content (AvgIpc) is 2.98. The number of benzene rings is 2. The molecule has 5 nitrogen and oxygen atoms in total. The highest BCUT2D eigenvalue weighted by Crippen LogP contribution is 2.18. The maximum absolute atomic E-state index is 12.2. The maximum atomic E-state index is 12.2. The number of hydrogen-bond donors (Lipinski definition) is 1. The van der Waals surface area contributed by atoms with E-state index in [9.17, 15) is 4.79 Å². The highest BCUT2D eigenvalue weighted by molar-refractivity contribution is 7.99. The van der Waals surface area contributed by atoms with Crippen molar-refractivity contribution < 1.29 is 4.79 Å². The number of rotatable bonds is 7. The standard InChI is InChI=1S/C21H24N4OS/c1-15-11-16(2)13-18(12-15)22-20(26)14-27-21-24-23-19(25(21)3)10-9-17-7-5-4-6-8-17/h4-8,11-13H,9-10,14H2,1-3H3,(H,22,26). The van der Waals surface area contributed by atoms with Crippen LogP contribution in [0.15, 0.2) is 53.7 Å². The third-order valence-corrected chi connectivity index (χ3v) is 5.26. The molecule has 1 heterocycles. The summed E-state index contributed by atoms with van der Waals surface area (Å²) in [4.78, 5) is 12.2. The number of nitrogens with one attached hydrogen (secondary N) is 1. The van der Waals surface area contributed by atoms with Crippen molar-refractivity contribution in [2.75, 3.05) is 11.1 Å². The third-order valence-electron chi connectivity index (χ3n) is 4.24. The van der Waals surface area contributed by atoms with E-state index >= 15 is 0 Å². The normalized spacial score (nSPS) is 10.8. The fourth-order valence-electron chi connectivity index (χ4n) is 2.96. The number of amides is 1. The summed E-state index contributed by atoms with van der Waals surface area (Å²) in [6, 6.07) is 16.4. The molecule has 0 aliphatic carbocycles. The number of thioether (sulfide) groups is 1. The summed E-state index contributed by atoms with van der Waals surface area (Å²) in [7, 11) is 1.95. The van der Waals surface area contributed by atoms with Crippen molar-refractivity contribution in [3.05, 3.63) is 71.0 Å². The van der Waals surface area contributed by atoms with Crippen LogP contribution in [-0.2, 0) is 24.7 Å². The predicted octanol–water partition coefficient (Wildman–Crippen LogP) is 3.95. The Labute approximate surface area is 164 Å². The first-order valence-corrected chi connectivity index (χ1v) is 9.93. The van der Waals surface area contributed by atoms with Crippen molar-refractivity contribution in [3.8, 4) is 0 Å². The van der Waals surface area contributed by atoms with Crippen LogP contribution in [0, 0.1) is 13.8 Å². The molecule has 0 unspecified atom stereocenters. The molecule has 1 N–H and O–H groups in total. The number of aromatic nitrogens is 3. The van der Waals surface area contributed by atoms with Gasteiger partial charge < -0.3 is 9.88 Å². The fourth-order valence-corrected chi connectivity index (χ4v) is 3.69. The maximum Gasteiger partial charge on any atom is 0.234 e. The Hall–Kier alpha value is -2.60. The molecule has 3 aromatic rings. The summed E-state index contributed by atoms with van der Waals surface area (Å²) in [5, 5.41) is 12.2. The summed E-state index contributed by atoms with van der Waals surface area (Å²) in [6.07, 6.45) is 1.74. The van der Waals surface area contributed by atoms with Gasteiger partial charge in [-0.1, -0.05) is 48.2 Å². The molecule has 1 aromatic heterocycles. The molecule has 0 fully saturated rings. The highest BCUT2D eigenvalue weighted by Gasteiger charge is 2.12. The number of carbonyl (C=O) groups excluding carboxylic acids is 1. The van der Waals surface area contributed by atoms with E-state index in [0.29, 0.717) is 5.75 Å². The lowest BCUT2D eigenvalue weighted by Crippen LogP contribution is -2.14. The molecular weight excluding hydrogens is 356 g/mol. The molecule has 0 spiro atoms. The summed E-state index contributed by atoms with van der Waals surface area (Å²) in [6.45, 7) is 4.04. The summed E-state index contributed by atoms with van der Waals surface area (Å²) >= 11 is 1.40. The third kappa shape index (κ3) is 5.44. The van der Waals surface area contributed by atoms with Gasteiger partial charge in [0, 0.05) is 19.2 Å². The van der Waals surface area contributed by atoms with Gasteiger partial charge in [-0.3, -0.25) is 4.79 Å². The lowest BCUT2D eigenvalue weighted by molar-refractivity contribution is -0.113. The molecule has 0 saturated carbocycles. The number of anilines is 1. The van der Waals surface area contributed by atoms with Crippen molar-refractivity contribution in [1.82, 2.24) is 14.8 Å². The van der Waals surface area contributed by atoms with E-state index in [1.54, 1.807) is 0 Å². The second-order valence-corrected chi connectivity index (χ2v) is 7.60. The minimum absolute atomic E-state index is 0.0427. The molecule has 6 heteroatoms. The van der Waals surface area contributed by atoms with Crippen LogP contribution in [0.25, 0.3) is 0 Å². The van der Waals surface area contributed by atoms with Gasteiger partial charge in [0.15, 0.2) is 5.16 Å². The molecular formula is C21H24N4OS. The first kappa shape index (κ1) is 19.2. The number of carbonyl (C=O) groups is 1. The number of aryl methyl sites for hydroxylation is 4. The van der Waals surface area contributed by atoms with Gasteiger partial charge in [-0.2, -0.15) is 0 Å². The first-order valence-electron chi connectivity index (χ1n) is 8.94. The topological polar surface area (TPSA) is 59.8 Å². The van der Waals surface area contributed by atoms with E-state index in [-0.39, 0.29) is 5.91 Å². The Bertz CT molecular complexity index is 901. The molecule has 27 heavy (non-hydrogen) atoms. The van der Waals surface area contributed by atoms with E-state index < -0.39 is 0 Å². The zero-order valence-electron chi connectivity index (χ0n) is 15.9. The van der Waals surface area contributed by atoms with E-state index in [4.69, 9.17) is 0 Å². The van der Waals surface area contributed by atoms with Gasteiger partial charge in [-0.25, -0.2) is 0 Å². The molecule has 140 valence electrons. The molecule has 0 saturated heterocycles. The summed E-state index contributed by atoms with van der Waals surface area (Å²) in [5.41, 5.74) is 4.38. The van der Waals surface area contributed by atoms with Crippen molar-refractivity contribution in [2.45, 2.75) is 31.8 Å². The van der Waals surface area contributed by atoms with Crippen LogP contribution < -0.4 is 5.32 Å². The second-order valence-electron chi connectivity index (χ2n) is 6.66. The highest BCUT2D eigenvalue weighted by atomic mass is 32.2. The molecule has 0 aliphatic rings. The fraction of sp³-hybridized carbons (Fsp3) is 0.286. The smallest absolute Gasteiger partial charge is 0.234 e. The van der Waals surface area contributed by atoms with Crippen LogP contribution in [0.4, 0.5) is 5.69 Å². The molecule has 1 amide bonds. The Morgan fingerprint density at radius 3 is 2.44 bits per heavy atom. The lowest BCUT2D eigenvalue weighted by Gasteiger charge is -2.07. The van der Waals surface area contributed by atoms with E-state index in [1.165, 1.54) is 17.3 Å². The van der Waals surface area contributed by atoms with Gasteiger partial charge in [-0.15, -0.1) is 10.2 Å². The quantitative estimate of drug-likeness (QED) is 0.631. The Balaban J connectivity index is 1.53. The average molecular weight is 381 g/mol. The minimum Gasteiger partial charge on any atom is -0.325 e. The van der Waals surface area contributed by atoms with Gasteiger partial charge in [0.25, 0.3) is 0 Å². The second kappa shape index (κ2) is 8.86. The van der Waals surface area contributed by atoms with Crippen molar-refractivity contribution >= 4 is 23.4 Å². The molecule has 0 aliphatic heterocycles. The molecule has 3 rings (SSSR count). The van der Waals surface area contributed by atoms with Crippen LogP contribution in [0.3, 0.4) is 0 Å². The zero-order valence-corrected chi connectivity index (χ0v) is 16.7. The van der Waals surface area contributed by atoms with Crippen LogP contribution in [0.1, 0.15) is 22.5 Å².